The molecule has 2 heterocycles. The number of aryl methyl sites for hydroxylation is 1. The quantitative estimate of drug-likeness (QED) is 0.579. The number of carbonyl (C=O) groups excluding carboxylic acids is 1. The predicted octanol–water partition coefficient (Wildman–Crippen LogP) is 3.60. The molecule has 1 N–H and O–H groups in total. The third-order valence-electron chi connectivity index (χ3n) is 3.43. The normalized spacial score (nSPS) is 11.9. The molecule has 0 aliphatic rings. The van der Waals surface area contributed by atoms with Crippen LogP contribution in [-0.4, -0.2) is 21.2 Å². The zero-order valence-electron chi connectivity index (χ0n) is 12.7. The van der Waals surface area contributed by atoms with Crippen LogP contribution in [0.3, 0.4) is 0 Å². The van der Waals surface area contributed by atoms with Crippen molar-refractivity contribution in [2.24, 2.45) is 5.10 Å². The summed E-state index contributed by atoms with van der Waals surface area (Å²) < 4.78 is 2.57. The van der Waals surface area contributed by atoms with Gasteiger partial charge in [-0.05, 0) is 38.1 Å². The van der Waals surface area contributed by atoms with Crippen LogP contribution in [0.2, 0.25) is 4.34 Å². The second kappa shape index (κ2) is 6.52. The number of rotatable bonds is 4. The van der Waals surface area contributed by atoms with Crippen molar-refractivity contribution in [3.05, 3.63) is 51.4 Å². The summed E-state index contributed by atoms with van der Waals surface area (Å²) >= 11 is 7.33. The molecule has 23 heavy (non-hydrogen) atoms. The molecular formula is C16H15ClN4OS. The Hall–Kier alpha value is -2.18. The maximum Gasteiger partial charge on any atom is 0.260 e. The molecule has 1 amide bonds. The lowest BCUT2D eigenvalue weighted by Crippen LogP contribution is -2.24. The van der Waals surface area contributed by atoms with Crippen LogP contribution in [0.15, 0.2) is 41.5 Å². The molecule has 0 atom stereocenters. The van der Waals surface area contributed by atoms with Crippen molar-refractivity contribution in [1.82, 2.24) is 15.0 Å². The monoisotopic (exact) mass is 346 g/mol. The second-order valence-corrected chi connectivity index (χ2v) is 6.78. The van der Waals surface area contributed by atoms with Gasteiger partial charge >= 0.3 is 0 Å². The predicted molar refractivity (Wildman–Crippen MR) is 94.2 cm³/mol. The standard InChI is InChI=1S/C16H15ClN4OS/c1-10(14-7-8-15(17)23-14)19-20-16(22)9-21-11(2)18-12-5-3-4-6-13(12)21/h3-8H,9H2,1-2H3,(H,20,22)/b19-10-. The average molecular weight is 347 g/mol. The Morgan fingerprint density at radius 3 is 2.87 bits per heavy atom. The van der Waals surface area contributed by atoms with Gasteiger partial charge in [0.1, 0.15) is 12.4 Å². The Morgan fingerprint density at radius 2 is 2.13 bits per heavy atom. The fraction of sp³-hybridized carbons (Fsp3) is 0.188. The second-order valence-electron chi connectivity index (χ2n) is 5.07. The molecule has 0 saturated carbocycles. The van der Waals surface area contributed by atoms with E-state index in [0.29, 0.717) is 4.34 Å². The smallest absolute Gasteiger partial charge is 0.260 e. The van der Waals surface area contributed by atoms with Gasteiger partial charge in [-0.25, -0.2) is 10.4 Å². The van der Waals surface area contributed by atoms with Crippen LogP contribution in [-0.2, 0) is 11.3 Å². The molecule has 0 aliphatic heterocycles. The van der Waals surface area contributed by atoms with Crippen molar-refractivity contribution in [2.75, 3.05) is 0 Å². The molecule has 1 aromatic carbocycles. The molecule has 0 aliphatic carbocycles. The highest BCUT2D eigenvalue weighted by Gasteiger charge is 2.10. The fourth-order valence-electron chi connectivity index (χ4n) is 2.28. The van der Waals surface area contributed by atoms with Crippen LogP contribution >= 0.6 is 22.9 Å². The van der Waals surface area contributed by atoms with Crippen molar-refractivity contribution in [3.63, 3.8) is 0 Å². The average Bonchev–Trinajstić information content (AvgIpc) is 3.09. The Bertz CT molecular complexity index is 897. The number of halogens is 1. The number of para-hydroxylation sites is 2. The highest BCUT2D eigenvalue weighted by molar-refractivity contribution is 7.18. The summed E-state index contributed by atoms with van der Waals surface area (Å²) in [6, 6.07) is 11.4. The minimum atomic E-state index is -0.196. The highest BCUT2D eigenvalue weighted by Crippen LogP contribution is 2.21. The summed E-state index contributed by atoms with van der Waals surface area (Å²) in [4.78, 5) is 17.5. The summed E-state index contributed by atoms with van der Waals surface area (Å²) in [5, 5.41) is 4.13. The van der Waals surface area contributed by atoms with Gasteiger partial charge in [-0.15, -0.1) is 11.3 Å². The van der Waals surface area contributed by atoms with E-state index in [4.69, 9.17) is 11.6 Å². The van der Waals surface area contributed by atoms with Crippen LogP contribution in [0.1, 0.15) is 17.6 Å². The Kier molecular flexibility index (Phi) is 4.45. The number of amides is 1. The summed E-state index contributed by atoms with van der Waals surface area (Å²) in [6.45, 7) is 3.89. The van der Waals surface area contributed by atoms with Gasteiger partial charge in [-0.3, -0.25) is 4.79 Å². The SMILES string of the molecule is C/C(=N/NC(=O)Cn1c(C)nc2ccccc21)c1ccc(Cl)s1. The lowest BCUT2D eigenvalue weighted by molar-refractivity contribution is -0.121. The molecule has 0 bridgehead atoms. The van der Waals surface area contributed by atoms with Gasteiger partial charge < -0.3 is 4.57 Å². The zero-order valence-corrected chi connectivity index (χ0v) is 14.3. The molecular weight excluding hydrogens is 332 g/mol. The van der Waals surface area contributed by atoms with Gasteiger partial charge in [0.05, 0.1) is 26.0 Å². The molecule has 3 rings (SSSR count). The van der Waals surface area contributed by atoms with Crippen LogP contribution in [0, 0.1) is 6.92 Å². The largest absolute Gasteiger partial charge is 0.319 e. The molecule has 0 spiro atoms. The minimum absolute atomic E-state index is 0.175. The third-order valence-corrected chi connectivity index (χ3v) is 4.77. The number of fused-ring (bicyclic) bond motifs is 1. The van der Waals surface area contributed by atoms with E-state index < -0.39 is 0 Å². The van der Waals surface area contributed by atoms with Gasteiger partial charge in [0.2, 0.25) is 0 Å². The van der Waals surface area contributed by atoms with Gasteiger partial charge in [-0.1, -0.05) is 23.7 Å². The van der Waals surface area contributed by atoms with Gasteiger partial charge in [0.15, 0.2) is 0 Å². The fourth-order valence-corrected chi connectivity index (χ4v) is 3.27. The number of imidazole rings is 1. The van der Waals surface area contributed by atoms with Gasteiger partial charge in [0.25, 0.3) is 5.91 Å². The van der Waals surface area contributed by atoms with E-state index in [0.717, 1.165) is 27.4 Å². The summed E-state index contributed by atoms with van der Waals surface area (Å²) in [7, 11) is 0. The summed E-state index contributed by atoms with van der Waals surface area (Å²) in [5.74, 6) is 0.602. The third kappa shape index (κ3) is 3.43. The topological polar surface area (TPSA) is 59.3 Å². The van der Waals surface area contributed by atoms with E-state index in [1.807, 2.05) is 54.8 Å². The van der Waals surface area contributed by atoms with Crippen molar-refractivity contribution in [2.45, 2.75) is 20.4 Å². The number of carbonyl (C=O) groups is 1. The molecule has 3 aromatic rings. The van der Waals surface area contributed by atoms with E-state index in [-0.39, 0.29) is 12.5 Å². The molecule has 0 saturated heterocycles. The van der Waals surface area contributed by atoms with Crippen LogP contribution in [0.25, 0.3) is 11.0 Å². The Morgan fingerprint density at radius 1 is 1.35 bits per heavy atom. The summed E-state index contributed by atoms with van der Waals surface area (Å²) in [5.41, 5.74) is 5.13. The van der Waals surface area contributed by atoms with Crippen molar-refractivity contribution < 1.29 is 4.79 Å². The molecule has 2 aromatic heterocycles. The van der Waals surface area contributed by atoms with E-state index in [9.17, 15) is 4.79 Å². The van der Waals surface area contributed by atoms with Gasteiger partial charge in [0, 0.05) is 0 Å². The number of benzene rings is 1. The molecule has 0 fully saturated rings. The van der Waals surface area contributed by atoms with Crippen LogP contribution in [0.4, 0.5) is 0 Å². The van der Waals surface area contributed by atoms with Crippen LogP contribution in [0.5, 0.6) is 0 Å². The van der Waals surface area contributed by atoms with E-state index in [1.165, 1.54) is 11.3 Å². The van der Waals surface area contributed by atoms with Crippen molar-refractivity contribution in [1.29, 1.82) is 0 Å². The van der Waals surface area contributed by atoms with E-state index in [2.05, 4.69) is 15.5 Å². The van der Waals surface area contributed by atoms with E-state index >= 15 is 0 Å². The van der Waals surface area contributed by atoms with Gasteiger partial charge in [-0.2, -0.15) is 5.10 Å². The lowest BCUT2D eigenvalue weighted by Gasteiger charge is -2.06. The van der Waals surface area contributed by atoms with Crippen molar-refractivity contribution in [3.8, 4) is 0 Å². The Balaban J connectivity index is 1.73. The molecule has 0 radical (unpaired) electrons. The first-order valence-corrected chi connectivity index (χ1v) is 8.25. The maximum absolute atomic E-state index is 12.2. The molecule has 7 heteroatoms. The highest BCUT2D eigenvalue weighted by atomic mass is 35.5. The number of nitrogens with one attached hydrogen (secondary N) is 1. The molecule has 5 nitrogen and oxygen atoms in total. The first-order chi connectivity index (χ1) is 11.0. The number of hydrazone groups is 1. The number of thiophene rings is 1. The Labute approximate surface area is 142 Å². The minimum Gasteiger partial charge on any atom is -0.319 e. The molecule has 0 unspecified atom stereocenters. The number of hydrogen-bond acceptors (Lipinski definition) is 4. The van der Waals surface area contributed by atoms with Crippen LogP contribution < -0.4 is 5.43 Å². The summed E-state index contributed by atoms with van der Waals surface area (Å²) in [6.07, 6.45) is 0. The maximum atomic E-state index is 12.2. The van der Waals surface area contributed by atoms with Crippen molar-refractivity contribution >= 4 is 45.6 Å². The number of aromatic nitrogens is 2. The first-order valence-electron chi connectivity index (χ1n) is 7.05. The van der Waals surface area contributed by atoms with E-state index in [1.54, 1.807) is 0 Å². The zero-order chi connectivity index (χ0) is 16.4. The number of nitrogens with zero attached hydrogens (tertiary/aromatic N) is 3. The lowest BCUT2D eigenvalue weighted by atomic mass is 10.3. The number of hydrogen-bond donors (Lipinski definition) is 1. The first kappa shape index (κ1) is 15.7. The molecule has 118 valence electrons.